The highest BCUT2D eigenvalue weighted by Crippen LogP contribution is 2.14. The maximum atomic E-state index is 4.66. The summed E-state index contributed by atoms with van der Waals surface area (Å²) in [5.74, 6) is 0. The summed E-state index contributed by atoms with van der Waals surface area (Å²) in [4.78, 5) is 6.85. The first-order valence-corrected chi connectivity index (χ1v) is 5.46. The minimum absolute atomic E-state index is 0.988. The minimum atomic E-state index is 0.988. The van der Waals surface area contributed by atoms with Gasteiger partial charge in [-0.05, 0) is 39.8 Å². The second-order valence-electron chi connectivity index (χ2n) is 4.17. The lowest BCUT2D eigenvalue weighted by molar-refractivity contribution is 0.420. The Balaban J connectivity index is 2.22. The van der Waals surface area contributed by atoms with Crippen LogP contribution in [0.15, 0.2) is 4.99 Å². The Morgan fingerprint density at radius 2 is 1.69 bits per heavy atom. The summed E-state index contributed by atoms with van der Waals surface area (Å²) in [5, 5.41) is 0. The van der Waals surface area contributed by atoms with Crippen molar-refractivity contribution in [2.24, 2.45) is 4.99 Å². The number of rotatable bonds is 3. The standard InChI is InChI=1S/C11H22N2/c1-13(2)10-9-12-11-7-5-3-4-6-8-11/h3-10H2,1-2H3. The van der Waals surface area contributed by atoms with Crippen LogP contribution < -0.4 is 0 Å². The number of likely N-dealkylation sites (N-methyl/N-ethyl adjacent to an activating group) is 1. The normalized spacial score (nSPS) is 18.8. The maximum absolute atomic E-state index is 4.66. The molecule has 13 heavy (non-hydrogen) atoms. The van der Waals surface area contributed by atoms with Crippen LogP contribution >= 0.6 is 0 Å². The quantitative estimate of drug-likeness (QED) is 0.612. The van der Waals surface area contributed by atoms with Gasteiger partial charge >= 0.3 is 0 Å². The summed E-state index contributed by atoms with van der Waals surface area (Å²) in [6, 6.07) is 0. The molecule has 0 N–H and O–H groups in total. The molecule has 0 aliphatic heterocycles. The van der Waals surface area contributed by atoms with Crippen molar-refractivity contribution in [1.29, 1.82) is 0 Å². The van der Waals surface area contributed by atoms with E-state index in [0.717, 1.165) is 13.1 Å². The van der Waals surface area contributed by atoms with Crippen LogP contribution in [-0.4, -0.2) is 37.8 Å². The largest absolute Gasteiger partial charge is 0.308 e. The second kappa shape index (κ2) is 6.14. The highest BCUT2D eigenvalue weighted by atomic mass is 15.1. The summed E-state index contributed by atoms with van der Waals surface area (Å²) in [7, 11) is 4.21. The molecule has 1 saturated carbocycles. The van der Waals surface area contributed by atoms with E-state index in [1.54, 1.807) is 0 Å². The van der Waals surface area contributed by atoms with Crippen LogP contribution in [0.5, 0.6) is 0 Å². The zero-order valence-electron chi connectivity index (χ0n) is 9.05. The number of aliphatic imine (C=N–C) groups is 1. The third-order valence-electron chi connectivity index (χ3n) is 2.56. The van der Waals surface area contributed by atoms with Crippen molar-refractivity contribution in [2.75, 3.05) is 27.2 Å². The van der Waals surface area contributed by atoms with Crippen LogP contribution in [0, 0.1) is 0 Å². The van der Waals surface area contributed by atoms with E-state index < -0.39 is 0 Å². The lowest BCUT2D eigenvalue weighted by Crippen LogP contribution is -2.16. The molecule has 0 unspecified atom stereocenters. The topological polar surface area (TPSA) is 15.6 Å². The molecule has 2 nitrogen and oxygen atoms in total. The molecule has 0 amide bonds. The van der Waals surface area contributed by atoms with Crippen molar-refractivity contribution in [3.63, 3.8) is 0 Å². The Morgan fingerprint density at radius 3 is 2.23 bits per heavy atom. The fourth-order valence-electron chi connectivity index (χ4n) is 1.70. The lowest BCUT2D eigenvalue weighted by Gasteiger charge is -2.07. The third-order valence-corrected chi connectivity index (χ3v) is 2.56. The Bertz CT molecular complexity index is 151. The smallest absolute Gasteiger partial charge is 0.0515 e. The molecule has 0 radical (unpaired) electrons. The molecule has 1 aliphatic rings. The van der Waals surface area contributed by atoms with Crippen LogP contribution in [0.2, 0.25) is 0 Å². The fraction of sp³-hybridized carbons (Fsp3) is 0.909. The second-order valence-corrected chi connectivity index (χ2v) is 4.17. The van der Waals surface area contributed by atoms with Crippen LogP contribution in [0.25, 0.3) is 0 Å². The molecule has 1 rings (SSSR count). The predicted octanol–water partition coefficient (Wildman–Crippen LogP) is 2.34. The molecule has 0 spiro atoms. The molecule has 0 aromatic carbocycles. The summed E-state index contributed by atoms with van der Waals surface area (Å²) in [6.45, 7) is 2.08. The number of hydrogen-bond donors (Lipinski definition) is 0. The van der Waals surface area contributed by atoms with Crippen LogP contribution in [0.1, 0.15) is 38.5 Å². The van der Waals surface area contributed by atoms with E-state index in [1.165, 1.54) is 44.2 Å². The zero-order valence-corrected chi connectivity index (χ0v) is 9.05. The summed E-state index contributed by atoms with van der Waals surface area (Å²) in [5.41, 5.74) is 1.47. The Labute approximate surface area is 82.0 Å². The van der Waals surface area contributed by atoms with Gasteiger partial charge in [-0.2, -0.15) is 0 Å². The van der Waals surface area contributed by atoms with Crippen molar-refractivity contribution in [2.45, 2.75) is 38.5 Å². The highest BCUT2D eigenvalue weighted by molar-refractivity contribution is 5.84. The van der Waals surface area contributed by atoms with Gasteiger partial charge in [0.15, 0.2) is 0 Å². The summed E-state index contributed by atoms with van der Waals surface area (Å²) in [6.07, 6.45) is 8.06. The predicted molar refractivity (Wildman–Crippen MR) is 58.6 cm³/mol. The van der Waals surface area contributed by atoms with Gasteiger partial charge in [0.2, 0.25) is 0 Å². The van der Waals surface area contributed by atoms with Gasteiger partial charge in [-0.1, -0.05) is 12.8 Å². The molecule has 0 bridgehead atoms. The first-order chi connectivity index (χ1) is 6.29. The molecule has 0 aromatic heterocycles. The van der Waals surface area contributed by atoms with Crippen LogP contribution in [0.4, 0.5) is 0 Å². The average molecular weight is 182 g/mol. The van der Waals surface area contributed by atoms with E-state index in [9.17, 15) is 0 Å². The third kappa shape index (κ3) is 5.04. The molecule has 0 heterocycles. The van der Waals surface area contributed by atoms with Crippen molar-refractivity contribution in [1.82, 2.24) is 4.90 Å². The van der Waals surface area contributed by atoms with E-state index in [-0.39, 0.29) is 0 Å². The molecule has 0 atom stereocenters. The molecule has 0 aromatic rings. The highest BCUT2D eigenvalue weighted by Gasteiger charge is 2.04. The number of nitrogens with zero attached hydrogens (tertiary/aromatic N) is 2. The van der Waals surface area contributed by atoms with Gasteiger partial charge < -0.3 is 4.90 Å². The van der Waals surface area contributed by atoms with Crippen molar-refractivity contribution >= 4 is 5.71 Å². The van der Waals surface area contributed by atoms with Gasteiger partial charge in [-0.3, -0.25) is 4.99 Å². The SMILES string of the molecule is CN(C)CCN=C1CCCCCC1. The van der Waals surface area contributed by atoms with E-state index >= 15 is 0 Å². The molecule has 1 aliphatic carbocycles. The first kappa shape index (κ1) is 10.7. The monoisotopic (exact) mass is 182 g/mol. The molecular weight excluding hydrogens is 160 g/mol. The lowest BCUT2D eigenvalue weighted by atomic mass is 10.2. The zero-order chi connectivity index (χ0) is 9.52. The Hall–Kier alpha value is -0.370. The van der Waals surface area contributed by atoms with E-state index in [0.29, 0.717) is 0 Å². The average Bonchev–Trinajstić information content (AvgIpc) is 2.32. The fourth-order valence-corrected chi connectivity index (χ4v) is 1.70. The van der Waals surface area contributed by atoms with Gasteiger partial charge in [0.1, 0.15) is 0 Å². The van der Waals surface area contributed by atoms with Crippen LogP contribution in [-0.2, 0) is 0 Å². The van der Waals surface area contributed by atoms with Gasteiger partial charge in [0.25, 0.3) is 0 Å². The van der Waals surface area contributed by atoms with Gasteiger partial charge in [-0.25, -0.2) is 0 Å². The summed E-state index contributed by atoms with van der Waals surface area (Å²) < 4.78 is 0. The molecule has 0 saturated heterocycles. The van der Waals surface area contributed by atoms with Gasteiger partial charge in [-0.15, -0.1) is 0 Å². The van der Waals surface area contributed by atoms with Crippen molar-refractivity contribution in [3.8, 4) is 0 Å². The van der Waals surface area contributed by atoms with E-state index in [2.05, 4.69) is 24.0 Å². The van der Waals surface area contributed by atoms with Crippen LogP contribution in [0.3, 0.4) is 0 Å². The van der Waals surface area contributed by atoms with E-state index in [1.807, 2.05) is 0 Å². The van der Waals surface area contributed by atoms with Crippen molar-refractivity contribution < 1.29 is 0 Å². The molecule has 1 fully saturated rings. The Kier molecular flexibility index (Phi) is 5.06. The first-order valence-electron chi connectivity index (χ1n) is 5.46. The minimum Gasteiger partial charge on any atom is -0.308 e. The summed E-state index contributed by atoms with van der Waals surface area (Å²) >= 11 is 0. The van der Waals surface area contributed by atoms with Crippen molar-refractivity contribution in [3.05, 3.63) is 0 Å². The molecular formula is C11H22N2. The molecule has 2 heteroatoms. The Morgan fingerprint density at radius 1 is 1.08 bits per heavy atom. The van der Waals surface area contributed by atoms with Gasteiger partial charge in [0.05, 0.1) is 6.54 Å². The maximum Gasteiger partial charge on any atom is 0.0515 e. The van der Waals surface area contributed by atoms with Gasteiger partial charge in [0, 0.05) is 12.3 Å². The molecule has 76 valence electrons. The van der Waals surface area contributed by atoms with E-state index in [4.69, 9.17) is 0 Å². The number of hydrogen-bond acceptors (Lipinski definition) is 2.